The molecular weight excluding hydrogens is 298 g/mol. The van der Waals surface area contributed by atoms with Crippen molar-refractivity contribution in [1.29, 1.82) is 0 Å². The maximum atomic E-state index is 12.5. The predicted molar refractivity (Wildman–Crippen MR) is 94.2 cm³/mol. The molecule has 0 radical (unpaired) electrons. The van der Waals surface area contributed by atoms with Gasteiger partial charge in [0, 0.05) is 23.8 Å². The summed E-state index contributed by atoms with van der Waals surface area (Å²) >= 11 is 0. The second-order valence-corrected chi connectivity index (χ2v) is 9.21. The summed E-state index contributed by atoms with van der Waals surface area (Å²) in [5.41, 5.74) is 0.324. The highest BCUT2D eigenvalue weighted by Crippen LogP contribution is 2.65. The Hall–Kier alpha value is -1.12. The zero-order valence-electron chi connectivity index (χ0n) is 15.3. The third kappa shape index (κ3) is 2.09. The van der Waals surface area contributed by atoms with E-state index in [1.807, 2.05) is 6.92 Å². The summed E-state index contributed by atoms with van der Waals surface area (Å²) in [7, 11) is 0. The van der Waals surface area contributed by atoms with Crippen LogP contribution in [0.4, 0.5) is 0 Å². The van der Waals surface area contributed by atoms with Crippen molar-refractivity contribution in [3.05, 3.63) is 12.2 Å². The monoisotopic (exact) mass is 329 g/mol. The Morgan fingerprint density at radius 3 is 2.71 bits per heavy atom. The molecule has 3 aliphatic carbocycles. The van der Waals surface area contributed by atoms with E-state index in [0.29, 0.717) is 36.0 Å². The number of nitrogens with one attached hydrogen (secondary N) is 1. The Bertz CT molecular complexity index is 597. The molecule has 24 heavy (non-hydrogen) atoms. The smallest absolute Gasteiger partial charge is 0.243 e. The van der Waals surface area contributed by atoms with Gasteiger partial charge in [-0.1, -0.05) is 26.8 Å². The van der Waals surface area contributed by atoms with Crippen molar-refractivity contribution >= 4 is 11.7 Å². The topological polar surface area (TPSA) is 46.2 Å². The summed E-state index contributed by atoms with van der Waals surface area (Å²) < 4.78 is 0. The number of rotatable bonds is 2. The van der Waals surface area contributed by atoms with Crippen LogP contribution in [0.3, 0.4) is 0 Å². The second kappa shape index (κ2) is 5.44. The van der Waals surface area contributed by atoms with Gasteiger partial charge in [-0.15, -0.1) is 0 Å². The number of amides is 1. The molecule has 7 atom stereocenters. The maximum Gasteiger partial charge on any atom is 0.243 e. The molecule has 1 amide bonds. The summed E-state index contributed by atoms with van der Waals surface area (Å²) in [6.45, 7) is 6.79. The van der Waals surface area contributed by atoms with Crippen LogP contribution in [0.5, 0.6) is 0 Å². The van der Waals surface area contributed by atoms with Gasteiger partial charge in [0.15, 0.2) is 0 Å². The van der Waals surface area contributed by atoms with E-state index in [1.165, 1.54) is 25.7 Å². The Kier molecular flexibility index (Phi) is 3.71. The molecule has 0 spiro atoms. The lowest BCUT2D eigenvalue weighted by molar-refractivity contribution is -0.132. The zero-order chi connectivity index (χ0) is 17.1. The van der Waals surface area contributed by atoms with E-state index < -0.39 is 0 Å². The standard InChI is InChI=1S/C21H31NO2/c1-4-17(23)16-7-6-14-13-5-8-18-21(3,12-10-19(24)22-18)15(13)9-11-20(14,16)2/h10,12-16,18H,4-9,11H2,1-3H3,(H,22,24)/t13-,14-,15-,16+,18+,20-,21+/m0/s1. The molecule has 1 N–H and O–H groups in total. The molecule has 4 rings (SSSR count). The molecule has 0 aromatic rings. The third-order valence-corrected chi connectivity index (χ3v) is 8.42. The number of carbonyl (C=O) groups excluding carboxylic acids is 2. The zero-order valence-corrected chi connectivity index (χ0v) is 15.3. The molecule has 0 aromatic heterocycles. The van der Waals surface area contributed by atoms with Crippen LogP contribution >= 0.6 is 0 Å². The average Bonchev–Trinajstić information content (AvgIpc) is 2.92. The van der Waals surface area contributed by atoms with E-state index in [1.54, 1.807) is 6.08 Å². The molecule has 3 saturated carbocycles. The van der Waals surface area contributed by atoms with Crippen molar-refractivity contribution < 1.29 is 9.59 Å². The van der Waals surface area contributed by atoms with Gasteiger partial charge in [-0.3, -0.25) is 9.59 Å². The van der Waals surface area contributed by atoms with Crippen LogP contribution in [0.25, 0.3) is 0 Å². The van der Waals surface area contributed by atoms with Crippen LogP contribution in [-0.2, 0) is 9.59 Å². The molecule has 4 aliphatic rings. The van der Waals surface area contributed by atoms with Gasteiger partial charge < -0.3 is 5.32 Å². The molecule has 0 aromatic carbocycles. The number of fused-ring (bicyclic) bond motifs is 5. The minimum atomic E-state index is 0.0750. The number of ketones is 1. The summed E-state index contributed by atoms with van der Waals surface area (Å²) in [4.78, 5) is 24.3. The van der Waals surface area contributed by atoms with E-state index in [-0.39, 0.29) is 16.7 Å². The van der Waals surface area contributed by atoms with E-state index in [2.05, 4.69) is 25.2 Å². The molecule has 0 unspecified atom stereocenters. The van der Waals surface area contributed by atoms with Gasteiger partial charge in [-0.2, -0.15) is 0 Å². The first kappa shape index (κ1) is 16.4. The SMILES string of the molecule is CCC(=O)[C@H]1CC[C@H]2[C@@H]3CC[C@H]4NC(=O)C=C[C@]4(C)[C@H]3CC[C@]12C. The fraction of sp³-hybridized carbons (Fsp3) is 0.810. The molecule has 3 nitrogen and oxygen atoms in total. The molecule has 1 heterocycles. The van der Waals surface area contributed by atoms with Crippen molar-refractivity contribution in [1.82, 2.24) is 5.32 Å². The van der Waals surface area contributed by atoms with Gasteiger partial charge in [-0.05, 0) is 67.8 Å². The first-order valence-electron chi connectivity index (χ1n) is 9.92. The lowest BCUT2D eigenvalue weighted by Gasteiger charge is -2.58. The van der Waals surface area contributed by atoms with Crippen molar-refractivity contribution in [3.63, 3.8) is 0 Å². The van der Waals surface area contributed by atoms with Gasteiger partial charge in [0.2, 0.25) is 5.91 Å². The maximum absolute atomic E-state index is 12.5. The Morgan fingerprint density at radius 1 is 1.17 bits per heavy atom. The van der Waals surface area contributed by atoms with Crippen LogP contribution in [0.1, 0.15) is 65.7 Å². The van der Waals surface area contributed by atoms with Crippen molar-refractivity contribution in [2.45, 2.75) is 71.8 Å². The number of hydrogen-bond acceptors (Lipinski definition) is 2. The minimum Gasteiger partial charge on any atom is -0.349 e. The van der Waals surface area contributed by atoms with Crippen LogP contribution in [0.15, 0.2) is 12.2 Å². The average molecular weight is 329 g/mol. The first-order valence-corrected chi connectivity index (χ1v) is 9.92. The minimum absolute atomic E-state index is 0.0750. The van der Waals surface area contributed by atoms with Crippen molar-refractivity contribution in [2.24, 2.45) is 34.5 Å². The molecule has 0 bridgehead atoms. The normalized spacial score (nSPS) is 49.8. The van der Waals surface area contributed by atoms with E-state index in [9.17, 15) is 9.59 Å². The predicted octanol–water partition coefficient (Wildman–Crippen LogP) is 3.88. The Labute approximate surface area is 145 Å². The Balaban J connectivity index is 1.64. The molecule has 3 fully saturated rings. The summed E-state index contributed by atoms with van der Waals surface area (Å²) in [5, 5.41) is 3.22. The van der Waals surface area contributed by atoms with Gasteiger partial charge in [0.05, 0.1) is 0 Å². The highest BCUT2D eigenvalue weighted by atomic mass is 16.1. The van der Waals surface area contributed by atoms with E-state index >= 15 is 0 Å². The third-order valence-electron chi connectivity index (χ3n) is 8.42. The van der Waals surface area contributed by atoms with Gasteiger partial charge in [0.25, 0.3) is 0 Å². The van der Waals surface area contributed by atoms with Crippen molar-refractivity contribution in [3.8, 4) is 0 Å². The van der Waals surface area contributed by atoms with Gasteiger partial charge >= 0.3 is 0 Å². The van der Waals surface area contributed by atoms with E-state index in [0.717, 1.165) is 18.8 Å². The largest absolute Gasteiger partial charge is 0.349 e. The molecule has 3 heteroatoms. The Morgan fingerprint density at radius 2 is 1.96 bits per heavy atom. The summed E-state index contributed by atoms with van der Waals surface area (Å²) in [6, 6.07) is 0.301. The van der Waals surface area contributed by atoms with Crippen LogP contribution in [-0.4, -0.2) is 17.7 Å². The van der Waals surface area contributed by atoms with Gasteiger partial charge in [0.1, 0.15) is 5.78 Å². The molecule has 0 saturated heterocycles. The number of hydrogen-bond donors (Lipinski definition) is 1. The van der Waals surface area contributed by atoms with Crippen LogP contribution in [0, 0.1) is 34.5 Å². The number of Topliss-reactive ketones (excluding diaryl/α,β-unsaturated/α-hetero) is 1. The molecular formula is C21H31NO2. The summed E-state index contributed by atoms with van der Waals surface area (Å²) in [6.07, 6.45) is 11.7. The van der Waals surface area contributed by atoms with Crippen molar-refractivity contribution in [2.75, 3.05) is 0 Å². The second-order valence-electron chi connectivity index (χ2n) is 9.21. The quantitative estimate of drug-likeness (QED) is 0.835. The lowest BCUT2D eigenvalue weighted by Crippen LogP contribution is -2.59. The van der Waals surface area contributed by atoms with E-state index in [4.69, 9.17) is 0 Å². The van der Waals surface area contributed by atoms with Crippen LogP contribution < -0.4 is 5.32 Å². The molecule has 1 aliphatic heterocycles. The highest BCUT2D eigenvalue weighted by Gasteiger charge is 2.60. The first-order chi connectivity index (χ1) is 11.4. The fourth-order valence-corrected chi connectivity index (χ4v) is 7.11. The number of carbonyl (C=O) groups is 2. The molecule has 132 valence electrons. The lowest BCUT2D eigenvalue weighted by atomic mass is 9.47. The van der Waals surface area contributed by atoms with Crippen LogP contribution in [0.2, 0.25) is 0 Å². The van der Waals surface area contributed by atoms with Gasteiger partial charge in [-0.25, -0.2) is 0 Å². The summed E-state index contributed by atoms with van der Waals surface area (Å²) in [5.74, 6) is 2.93. The fourth-order valence-electron chi connectivity index (χ4n) is 7.11. The highest BCUT2D eigenvalue weighted by molar-refractivity contribution is 5.89.